The molecule has 0 saturated carbocycles. The van der Waals surface area contributed by atoms with Gasteiger partial charge in [0.1, 0.15) is 5.75 Å². The number of carbonyl (C=O) groups excluding carboxylic acids is 1. The van der Waals surface area contributed by atoms with E-state index in [4.69, 9.17) is 4.74 Å². The van der Waals surface area contributed by atoms with Gasteiger partial charge in [-0.05, 0) is 24.6 Å². The van der Waals surface area contributed by atoms with Gasteiger partial charge in [0.05, 0.1) is 25.4 Å². The fourth-order valence-corrected chi connectivity index (χ4v) is 2.99. The Hall–Kier alpha value is -1.89. The van der Waals surface area contributed by atoms with Crippen LogP contribution in [0.4, 0.5) is 0 Å². The van der Waals surface area contributed by atoms with E-state index in [0.717, 1.165) is 11.3 Å². The Morgan fingerprint density at radius 2 is 1.88 bits per heavy atom. The maximum absolute atomic E-state index is 11.4. The molecule has 1 heterocycles. The van der Waals surface area contributed by atoms with Crippen LogP contribution in [-0.2, 0) is 4.79 Å². The predicted octanol–water partition coefficient (Wildman–Crippen LogP) is 0.984. The lowest BCUT2D eigenvalue weighted by atomic mass is 10.1. The highest BCUT2D eigenvalue weighted by atomic mass is 16.5. The lowest BCUT2D eigenvalue weighted by molar-refractivity contribution is -0.131. The first-order valence-corrected chi connectivity index (χ1v) is 8.74. The first-order chi connectivity index (χ1) is 12.0. The molecule has 2 rings (SSSR count). The molecule has 6 nitrogen and oxygen atoms in total. The van der Waals surface area contributed by atoms with Gasteiger partial charge >= 0.3 is 0 Å². The van der Waals surface area contributed by atoms with Crippen molar-refractivity contribution in [1.29, 1.82) is 0 Å². The normalized spacial score (nSPS) is 18.3. The van der Waals surface area contributed by atoms with Crippen LogP contribution >= 0.6 is 0 Å². The number of benzene rings is 1. The third-order valence-electron chi connectivity index (χ3n) is 4.44. The van der Waals surface area contributed by atoms with Gasteiger partial charge in [-0.2, -0.15) is 0 Å². The van der Waals surface area contributed by atoms with Crippen molar-refractivity contribution in [2.45, 2.75) is 26.0 Å². The van der Waals surface area contributed by atoms with Crippen LogP contribution in [0.3, 0.4) is 0 Å². The standard InChI is InChI=1S/C19H28N2O4/c1-3-25-17-7-4-16(5-8-17)6-9-18(19(24)14-22)21-12-10-20(11-13-21)15(2)23/h4-9,18-19,22,24H,3,10-14H2,1-2H3/t18?,19-/m1/s1. The zero-order valence-electron chi connectivity index (χ0n) is 15.0. The highest BCUT2D eigenvalue weighted by Crippen LogP contribution is 2.16. The van der Waals surface area contributed by atoms with Gasteiger partial charge in [-0.1, -0.05) is 24.3 Å². The van der Waals surface area contributed by atoms with Crippen LogP contribution in [-0.4, -0.2) is 77.5 Å². The quantitative estimate of drug-likeness (QED) is 0.769. The molecule has 1 fully saturated rings. The number of carbonyl (C=O) groups is 1. The molecule has 1 aromatic carbocycles. The third-order valence-corrected chi connectivity index (χ3v) is 4.44. The minimum atomic E-state index is -0.858. The van der Waals surface area contributed by atoms with Crippen molar-refractivity contribution in [2.24, 2.45) is 0 Å². The molecule has 6 heteroatoms. The summed E-state index contributed by atoms with van der Waals surface area (Å²) >= 11 is 0. The average molecular weight is 348 g/mol. The van der Waals surface area contributed by atoms with Crippen molar-refractivity contribution < 1.29 is 19.7 Å². The summed E-state index contributed by atoms with van der Waals surface area (Å²) in [5.41, 5.74) is 1.00. The van der Waals surface area contributed by atoms with Crippen LogP contribution in [0.5, 0.6) is 5.75 Å². The molecule has 1 amide bonds. The Bertz CT molecular complexity index is 565. The molecular weight excluding hydrogens is 320 g/mol. The molecule has 0 aromatic heterocycles. The molecule has 1 unspecified atom stereocenters. The van der Waals surface area contributed by atoms with Crippen molar-refractivity contribution in [2.75, 3.05) is 39.4 Å². The van der Waals surface area contributed by atoms with E-state index in [1.807, 2.05) is 43.3 Å². The predicted molar refractivity (Wildman–Crippen MR) is 97.4 cm³/mol. The highest BCUT2D eigenvalue weighted by Gasteiger charge is 2.27. The van der Waals surface area contributed by atoms with E-state index in [1.165, 1.54) is 0 Å². The minimum absolute atomic E-state index is 0.0730. The summed E-state index contributed by atoms with van der Waals surface area (Å²) in [5, 5.41) is 19.6. The molecule has 2 N–H and O–H groups in total. The van der Waals surface area contributed by atoms with E-state index in [9.17, 15) is 15.0 Å². The number of nitrogens with zero attached hydrogens (tertiary/aromatic N) is 2. The minimum Gasteiger partial charge on any atom is -0.494 e. The maximum Gasteiger partial charge on any atom is 0.219 e. The topological polar surface area (TPSA) is 73.2 Å². The van der Waals surface area contributed by atoms with Crippen molar-refractivity contribution >= 4 is 12.0 Å². The Labute approximate surface area is 149 Å². The SMILES string of the molecule is CCOc1ccc(C=CC([C@H](O)CO)N2CCN(C(C)=O)CC2)cc1. The van der Waals surface area contributed by atoms with E-state index < -0.39 is 6.10 Å². The second-order valence-electron chi connectivity index (χ2n) is 6.14. The fourth-order valence-electron chi connectivity index (χ4n) is 2.99. The van der Waals surface area contributed by atoms with Crippen LogP contribution in [0.25, 0.3) is 6.08 Å². The van der Waals surface area contributed by atoms with Gasteiger partial charge in [0.15, 0.2) is 0 Å². The van der Waals surface area contributed by atoms with E-state index >= 15 is 0 Å². The number of hydrogen-bond acceptors (Lipinski definition) is 5. The Morgan fingerprint density at radius 1 is 1.24 bits per heavy atom. The molecule has 0 aliphatic carbocycles. The van der Waals surface area contributed by atoms with E-state index in [2.05, 4.69) is 4.90 Å². The molecule has 1 aliphatic rings. The van der Waals surface area contributed by atoms with Crippen LogP contribution in [0, 0.1) is 0 Å². The Kier molecular flexibility index (Phi) is 7.43. The molecular formula is C19H28N2O4. The Morgan fingerprint density at radius 3 is 2.40 bits per heavy atom. The van der Waals surface area contributed by atoms with E-state index in [1.54, 1.807) is 11.8 Å². The summed E-state index contributed by atoms with van der Waals surface area (Å²) in [6, 6.07) is 7.44. The largest absolute Gasteiger partial charge is 0.494 e. The van der Waals surface area contributed by atoms with E-state index in [0.29, 0.717) is 32.8 Å². The fraction of sp³-hybridized carbons (Fsp3) is 0.526. The summed E-state index contributed by atoms with van der Waals surface area (Å²) in [4.78, 5) is 15.3. The van der Waals surface area contributed by atoms with Crippen molar-refractivity contribution in [3.63, 3.8) is 0 Å². The number of piperazine rings is 1. The van der Waals surface area contributed by atoms with Gasteiger partial charge in [-0.15, -0.1) is 0 Å². The van der Waals surface area contributed by atoms with Gasteiger partial charge < -0.3 is 19.8 Å². The first kappa shape index (κ1) is 19.4. The molecule has 0 bridgehead atoms. The smallest absolute Gasteiger partial charge is 0.219 e. The van der Waals surface area contributed by atoms with Gasteiger partial charge in [0.2, 0.25) is 5.91 Å². The number of aliphatic hydroxyl groups excluding tert-OH is 2. The second-order valence-corrected chi connectivity index (χ2v) is 6.14. The molecule has 138 valence electrons. The maximum atomic E-state index is 11.4. The molecule has 1 saturated heterocycles. The van der Waals surface area contributed by atoms with Crippen LogP contribution < -0.4 is 4.74 Å². The number of amides is 1. The number of hydrogen-bond donors (Lipinski definition) is 2. The van der Waals surface area contributed by atoms with Crippen molar-refractivity contribution in [3.05, 3.63) is 35.9 Å². The van der Waals surface area contributed by atoms with Crippen LogP contribution in [0.15, 0.2) is 30.3 Å². The molecule has 0 spiro atoms. The monoisotopic (exact) mass is 348 g/mol. The molecule has 1 aromatic rings. The second kappa shape index (κ2) is 9.56. The number of aliphatic hydroxyl groups is 2. The van der Waals surface area contributed by atoms with Crippen molar-refractivity contribution in [1.82, 2.24) is 9.80 Å². The number of rotatable bonds is 7. The molecule has 0 radical (unpaired) electrons. The highest BCUT2D eigenvalue weighted by molar-refractivity contribution is 5.73. The van der Waals surface area contributed by atoms with Gasteiger partial charge in [0.25, 0.3) is 0 Å². The Balaban J connectivity index is 2.03. The van der Waals surface area contributed by atoms with Gasteiger partial charge in [-0.25, -0.2) is 0 Å². The number of ether oxygens (including phenoxy) is 1. The average Bonchev–Trinajstić information content (AvgIpc) is 2.63. The molecule has 2 atom stereocenters. The van der Waals surface area contributed by atoms with Crippen LogP contribution in [0.2, 0.25) is 0 Å². The first-order valence-electron chi connectivity index (χ1n) is 8.74. The van der Waals surface area contributed by atoms with Crippen LogP contribution in [0.1, 0.15) is 19.4 Å². The summed E-state index contributed by atoms with van der Waals surface area (Å²) < 4.78 is 5.43. The summed E-state index contributed by atoms with van der Waals surface area (Å²) in [6.07, 6.45) is 3.00. The van der Waals surface area contributed by atoms with Crippen molar-refractivity contribution in [3.8, 4) is 5.75 Å². The van der Waals surface area contributed by atoms with Gasteiger partial charge in [0, 0.05) is 33.1 Å². The summed E-state index contributed by atoms with van der Waals surface area (Å²) in [6.45, 7) is 6.48. The summed E-state index contributed by atoms with van der Waals surface area (Å²) in [7, 11) is 0. The zero-order chi connectivity index (χ0) is 18.2. The lowest BCUT2D eigenvalue weighted by Crippen LogP contribution is -2.54. The molecule has 1 aliphatic heterocycles. The summed E-state index contributed by atoms with van der Waals surface area (Å²) in [5.74, 6) is 0.899. The third kappa shape index (κ3) is 5.56. The lowest BCUT2D eigenvalue weighted by Gasteiger charge is -2.39. The van der Waals surface area contributed by atoms with Gasteiger partial charge in [-0.3, -0.25) is 9.69 Å². The zero-order valence-corrected chi connectivity index (χ0v) is 15.0. The molecule has 25 heavy (non-hydrogen) atoms. The van der Waals surface area contributed by atoms with E-state index in [-0.39, 0.29) is 18.6 Å².